The number of hydrogen-bond acceptors (Lipinski definition) is 9. The number of phenols is 2. The van der Waals surface area contributed by atoms with Crippen molar-refractivity contribution < 1.29 is 28.2 Å². The van der Waals surface area contributed by atoms with E-state index in [0.29, 0.717) is 16.7 Å². The second-order valence-corrected chi connectivity index (χ2v) is 9.25. The highest BCUT2D eigenvalue weighted by Gasteiger charge is 2.17. The minimum Gasteiger partial charge on any atom is -0.507 e. The third kappa shape index (κ3) is 5.36. The normalized spacial score (nSPS) is 11.1. The van der Waals surface area contributed by atoms with Gasteiger partial charge in [-0.05, 0) is 36.4 Å². The van der Waals surface area contributed by atoms with Crippen LogP contribution < -0.4 is 4.72 Å². The number of esters is 1. The molecule has 0 amide bonds. The molecule has 10 nitrogen and oxygen atoms in total. The average molecular weight is 493 g/mol. The van der Waals surface area contributed by atoms with Gasteiger partial charge in [0.2, 0.25) is 10.0 Å². The zero-order valence-electron chi connectivity index (χ0n) is 18.6. The van der Waals surface area contributed by atoms with Crippen molar-refractivity contribution in [3.63, 3.8) is 0 Å². The van der Waals surface area contributed by atoms with E-state index in [2.05, 4.69) is 19.7 Å². The number of anilines is 1. The molecule has 0 unspecified atom stereocenters. The Morgan fingerprint density at radius 1 is 0.829 bits per heavy atom. The summed E-state index contributed by atoms with van der Waals surface area (Å²) in [6.07, 6.45) is 1.00. The minimum absolute atomic E-state index is 0.0476. The van der Waals surface area contributed by atoms with Crippen LogP contribution in [0.5, 0.6) is 11.5 Å². The fraction of sp³-hybridized carbons (Fsp3) is 0.0833. The van der Waals surface area contributed by atoms with Gasteiger partial charge in [-0.2, -0.15) is 0 Å². The number of carbonyl (C=O) groups excluding carboxylic acids is 1. The van der Waals surface area contributed by atoms with Crippen molar-refractivity contribution in [1.29, 1.82) is 0 Å². The molecule has 0 saturated carbocycles. The molecule has 4 aromatic rings. The lowest BCUT2D eigenvalue weighted by Gasteiger charge is -2.11. The van der Waals surface area contributed by atoms with Crippen LogP contribution in [0.1, 0.15) is 10.4 Å². The van der Waals surface area contributed by atoms with Gasteiger partial charge in [-0.15, -0.1) is 0 Å². The number of rotatable bonds is 6. The summed E-state index contributed by atoms with van der Waals surface area (Å²) in [4.78, 5) is 25.1. The Bertz CT molecular complexity index is 1520. The largest absolute Gasteiger partial charge is 0.507 e. The zero-order valence-corrected chi connectivity index (χ0v) is 19.4. The molecule has 0 radical (unpaired) electrons. The van der Waals surface area contributed by atoms with Crippen molar-refractivity contribution in [2.45, 2.75) is 0 Å². The van der Waals surface area contributed by atoms with E-state index < -0.39 is 16.0 Å². The van der Waals surface area contributed by atoms with Gasteiger partial charge in [0.1, 0.15) is 11.5 Å². The Kier molecular flexibility index (Phi) is 6.34. The van der Waals surface area contributed by atoms with E-state index in [0.717, 1.165) is 6.26 Å². The van der Waals surface area contributed by atoms with Crippen LogP contribution >= 0.6 is 0 Å². The SMILES string of the molecule is COC(=O)c1ccc(-c2nc(-c3ccccc3O)nc(-c3ccc(NS(C)(=O)=O)cc3O)n2)cc1. The van der Waals surface area contributed by atoms with Gasteiger partial charge < -0.3 is 14.9 Å². The smallest absolute Gasteiger partial charge is 0.337 e. The van der Waals surface area contributed by atoms with E-state index in [9.17, 15) is 23.4 Å². The van der Waals surface area contributed by atoms with Crippen LogP contribution in [-0.4, -0.2) is 52.9 Å². The molecule has 3 N–H and O–H groups in total. The highest BCUT2D eigenvalue weighted by atomic mass is 32.2. The number of nitrogens with one attached hydrogen (secondary N) is 1. The molecule has 0 fully saturated rings. The molecule has 0 atom stereocenters. The summed E-state index contributed by atoms with van der Waals surface area (Å²) < 4.78 is 30.0. The van der Waals surface area contributed by atoms with Gasteiger partial charge in [0, 0.05) is 11.6 Å². The van der Waals surface area contributed by atoms with Gasteiger partial charge in [-0.1, -0.05) is 24.3 Å². The number of phenolic OH excluding ortho intramolecular Hbond substituents is 2. The van der Waals surface area contributed by atoms with Crippen LogP contribution in [0.2, 0.25) is 0 Å². The zero-order chi connectivity index (χ0) is 25.2. The first kappa shape index (κ1) is 23.6. The Balaban J connectivity index is 1.86. The van der Waals surface area contributed by atoms with Gasteiger partial charge >= 0.3 is 5.97 Å². The van der Waals surface area contributed by atoms with E-state index in [4.69, 9.17) is 4.74 Å². The first-order valence-electron chi connectivity index (χ1n) is 10.2. The van der Waals surface area contributed by atoms with Crippen LogP contribution in [0.25, 0.3) is 34.2 Å². The maximum Gasteiger partial charge on any atom is 0.337 e. The van der Waals surface area contributed by atoms with Crippen molar-refractivity contribution in [3.05, 3.63) is 72.3 Å². The molecular weight excluding hydrogens is 472 g/mol. The second-order valence-electron chi connectivity index (χ2n) is 7.50. The van der Waals surface area contributed by atoms with E-state index in [1.54, 1.807) is 42.5 Å². The lowest BCUT2D eigenvalue weighted by Crippen LogP contribution is -2.09. The summed E-state index contributed by atoms with van der Waals surface area (Å²) >= 11 is 0. The molecule has 0 saturated heterocycles. The summed E-state index contributed by atoms with van der Waals surface area (Å²) in [7, 11) is -2.25. The second kappa shape index (κ2) is 9.39. The molecule has 0 aliphatic carbocycles. The van der Waals surface area contributed by atoms with Crippen LogP contribution in [0.15, 0.2) is 66.7 Å². The molecule has 178 valence electrons. The molecule has 0 aliphatic rings. The van der Waals surface area contributed by atoms with E-state index in [1.165, 1.54) is 31.4 Å². The number of methoxy groups -OCH3 is 1. The lowest BCUT2D eigenvalue weighted by molar-refractivity contribution is 0.0600. The molecule has 3 aromatic carbocycles. The number of ether oxygens (including phenoxy) is 1. The predicted molar refractivity (Wildman–Crippen MR) is 129 cm³/mol. The highest BCUT2D eigenvalue weighted by Crippen LogP contribution is 2.33. The summed E-state index contributed by atoms with van der Waals surface area (Å²) in [5, 5.41) is 21.0. The highest BCUT2D eigenvalue weighted by molar-refractivity contribution is 7.92. The molecule has 0 bridgehead atoms. The Morgan fingerprint density at radius 3 is 2.00 bits per heavy atom. The molecule has 35 heavy (non-hydrogen) atoms. The van der Waals surface area contributed by atoms with Gasteiger partial charge in [0.05, 0.1) is 35.7 Å². The maximum atomic E-state index is 11.8. The number of nitrogens with zero attached hydrogens (tertiary/aromatic N) is 3. The Labute approximate surface area is 201 Å². The number of carbonyl (C=O) groups is 1. The molecule has 1 aromatic heterocycles. The van der Waals surface area contributed by atoms with E-state index in [-0.39, 0.29) is 40.2 Å². The molecular formula is C24H20N4O6S. The van der Waals surface area contributed by atoms with E-state index in [1.807, 2.05) is 0 Å². The minimum atomic E-state index is -3.54. The summed E-state index contributed by atoms with van der Waals surface area (Å²) in [6.45, 7) is 0. The standard InChI is InChI=1S/C24H20N4O6S/c1-34-24(31)15-9-7-14(8-10-15)21-25-22(17-5-3-4-6-19(17)29)27-23(26-21)18-12-11-16(13-20(18)30)28-35(2,32)33/h3-13,28-30H,1-2H3. The molecule has 0 aliphatic heterocycles. The third-order valence-electron chi connectivity index (χ3n) is 4.89. The fourth-order valence-electron chi connectivity index (χ4n) is 3.28. The van der Waals surface area contributed by atoms with Crippen molar-refractivity contribution in [2.75, 3.05) is 18.1 Å². The van der Waals surface area contributed by atoms with Crippen LogP contribution in [0.3, 0.4) is 0 Å². The van der Waals surface area contributed by atoms with Crippen molar-refractivity contribution in [3.8, 4) is 45.7 Å². The van der Waals surface area contributed by atoms with Crippen LogP contribution in [-0.2, 0) is 14.8 Å². The predicted octanol–water partition coefficient (Wildman–Crippen LogP) is 3.44. The summed E-state index contributed by atoms with van der Waals surface area (Å²) in [5.74, 6) is -0.335. The van der Waals surface area contributed by atoms with Gasteiger partial charge in [-0.3, -0.25) is 4.72 Å². The third-order valence-corrected chi connectivity index (χ3v) is 5.49. The van der Waals surface area contributed by atoms with E-state index >= 15 is 0 Å². The number of aromatic hydroxyl groups is 2. The average Bonchev–Trinajstić information content (AvgIpc) is 2.82. The maximum absolute atomic E-state index is 11.8. The van der Waals surface area contributed by atoms with Crippen LogP contribution in [0, 0.1) is 0 Å². The Hall–Kier alpha value is -4.51. The number of sulfonamides is 1. The van der Waals surface area contributed by atoms with Crippen molar-refractivity contribution in [1.82, 2.24) is 15.0 Å². The molecule has 4 rings (SSSR count). The summed E-state index contributed by atoms with van der Waals surface area (Å²) in [5.41, 5.74) is 1.63. The number of hydrogen-bond donors (Lipinski definition) is 3. The van der Waals surface area contributed by atoms with Gasteiger partial charge in [0.15, 0.2) is 17.5 Å². The number of para-hydroxylation sites is 1. The fourth-order valence-corrected chi connectivity index (χ4v) is 3.84. The number of aromatic nitrogens is 3. The first-order chi connectivity index (χ1) is 16.6. The quantitative estimate of drug-likeness (QED) is 0.344. The van der Waals surface area contributed by atoms with Gasteiger partial charge in [-0.25, -0.2) is 28.2 Å². The molecule has 11 heteroatoms. The van der Waals surface area contributed by atoms with Crippen LogP contribution in [0.4, 0.5) is 5.69 Å². The van der Waals surface area contributed by atoms with Crippen molar-refractivity contribution in [2.24, 2.45) is 0 Å². The molecule has 0 spiro atoms. The molecule has 1 heterocycles. The van der Waals surface area contributed by atoms with Crippen molar-refractivity contribution >= 4 is 21.7 Å². The topological polar surface area (TPSA) is 152 Å². The Morgan fingerprint density at radius 2 is 1.43 bits per heavy atom. The summed E-state index contributed by atoms with van der Waals surface area (Å²) in [6, 6.07) is 17.1. The monoisotopic (exact) mass is 492 g/mol. The first-order valence-corrected chi connectivity index (χ1v) is 12.1. The number of benzene rings is 3. The van der Waals surface area contributed by atoms with Gasteiger partial charge in [0.25, 0.3) is 0 Å². The lowest BCUT2D eigenvalue weighted by atomic mass is 10.1.